The van der Waals surface area contributed by atoms with E-state index in [2.05, 4.69) is 11.6 Å². The lowest BCUT2D eigenvalue weighted by Gasteiger charge is -2.09. The Balaban J connectivity index is 3.07. The summed E-state index contributed by atoms with van der Waals surface area (Å²) in [7, 11) is 0. The molecule has 0 saturated heterocycles. The van der Waals surface area contributed by atoms with Gasteiger partial charge in [-0.1, -0.05) is 18.2 Å². The zero-order valence-electron chi connectivity index (χ0n) is 7.31. The molecule has 0 radical (unpaired) electrons. The minimum absolute atomic E-state index is 0.132. The monoisotopic (exact) mass is 235 g/mol. The predicted octanol–water partition coefficient (Wildman–Crippen LogP) is 3.04. The second-order valence-corrected chi connectivity index (χ2v) is 3.07. The molecule has 0 fully saturated rings. The zero-order chi connectivity index (χ0) is 11.6. The number of pyridine rings is 1. The van der Waals surface area contributed by atoms with Crippen LogP contribution in [0.4, 0.5) is 13.2 Å². The fourth-order valence-corrected chi connectivity index (χ4v) is 1.06. The van der Waals surface area contributed by atoms with Gasteiger partial charge in [-0.25, -0.2) is 0 Å². The number of alkyl halides is 3. The van der Waals surface area contributed by atoms with Crippen LogP contribution in [-0.2, 0) is 0 Å². The Hall–Kier alpha value is -1.36. The SMILES string of the molecule is C=C(C(=O)c1ccncc1Cl)C(F)(F)F. The second kappa shape index (κ2) is 4.02. The van der Waals surface area contributed by atoms with Crippen molar-refractivity contribution in [3.8, 4) is 0 Å². The Morgan fingerprint density at radius 1 is 1.47 bits per heavy atom. The van der Waals surface area contributed by atoms with Gasteiger partial charge in [-0.15, -0.1) is 0 Å². The molecule has 0 bridgehead atoms. The summed E-state index contributed by atoms with van der Waals surface area (Å²) >= 11 is 5.52. The summed E-state index contributed by atoms with van der Waals surface area (Å²) in [5.74, 6) is -1.24. The van der Waals surface area contributed by atoms with Gasteiger partial charge in [-0.05, 0) is 6.07 Å². The van der Waals surface area contributed by atoms with Crippen molar-refractivity contribution in [2.45, 2.75) is 6.18 Å². The lowest BCUT2D eigenvalue weighted by Crippen LogP contribution is -2.19. The summed E-state index contributed by atoms with van der Waals surface area (Å²) in [6.07, 6.45) is -2.47. The fourth-order valence-electron chi connectivity index (χ4n) is 0.851. The number of carbonyl (C=O) groups is 1. The highest BCUT2D eigenvalue weighted by Crippen LogP contribution is 2.28. The van der Waals surface area contributed by atoms with E-state index in [0.717, 1.165) is 12.3 Å². The fraction of sp³-hybridized carbons (Fsp3) is 0.111. The maximum atomic E-state index is 12.1. The first-order chi connectivity index (χ1) is 6.84. The summed E-state index contributed by atoms with van der Waals surface area (Å²) in [5, 5.41) is -0.132. The number of halogens is 4. The molecular formula is C9H5ClF3NO. The van der Waals surface area contributed by atoms with Crippen LogP contribution in [-0.4, -0.2) is 16.9 Å². The van der Waals surface area contributed by atoms with E-state index in [1.54, 1.807) is 0 Å². The van der Waals surface area contributed by atoms with Crippen molar-refractivity contribution >= 4 is 17.4 Å². The van der Waals surface area contributed by atoms with Crippen LogP contribution in [0.25, 0.3) is 0 Å². The summed E-state index contributed by atoms with van der Waals surface area (Å²) in [6.45, 7) is 2.69. The molecule has 1 rings (SSSR count). The van der Waals surface area contributed by atoms with E-state index in [9.17, 15) is 18.0 Å². The Morgan fingerprint density at radius 2 is 2.07 bits per heavy atom. The van der Waals surface area contributed by atoms with Crippen LogP contribution < -0.4 is 0 Å². The summed E-state index contributed by atoms with van der Waals surface area (Å²) in [5.41, 5.74) is -1.70. The molecule has 0 saturated carbocycles. The number of allylic oxidation sites excluding steroid dienone is 1. The molecule has 6 heteroatoms. The van der Waals surface area contributed by atoms with Gasteiger partial charge in [0, 0.05) is 18.0 Å². The molecule has 0 aliphatic rings. The van der Waals surface area contributed by atoms with Gasteiger partial charge in [0.05, 0.1) is 10.6 Å². The lowest BCUT2D eigenvalue weighted by atomic mass is 10.1. The van der Waals surface area contributed by atoms with Crippen LogP contribution in [0.15, 0.2) is 30.6 Å². The Bertz CT molecular complexity index is 414. The van der Waals surface area contributed by atoms with E-state index in [1.165, 1.54) is 6.20 Å². The van der Waals surface area contributed by atoms with E-state index in [-0.39, 0.29) is 10.6 Å². The number of rotatable bonds is 2. The molecule has 15 heavy (non-hydrogen) atoms. The summed E-state index contributed by atoms with van der Waals surface area (Å²) < 4.78 is 36.4. The van der Waals surface area contributed by atoms with E-state index in [4.69, 9.17) is 11.6 Å². The van der Waals surface area contributed by atoms with Crippen molar-refractivity contribution in [1.82, 2.24) is 4.98 Å². The second-order valence-electron chi connectivity index (χ2n) is 2.66. The number of Topliss-reactive ketones (excluding diaryl/α,β-unsaturated/α-hetero) is 1. The third-order valence-electron chi connectivity index (χ3n) is 1.63. The first kappa shape index (κ1) is 11.7. The van der Waals surface area contributed by atoms with Gasteiger partial charge in [-0.3, -0.25) is 9.78 Å². The standard InChI is InChI=1S/C9H5ClF3NO/c1-5(9(11,12)13)8(15)6-2-3-14-4-7(6)10/h2-4H,1H2. The Kier molecular flexibility index (Phi) is 3.14. The van der Waals surface area contributed by atoms with E-state index in [0.29, 0.717) is 0 Å². The lowest BCUT2D eigenvalue weighted by molar-refractivity contribution is -0.0883. The molecule has 80 valence electrons. The van der Waals surface area contributed by atoms with Crippen LogP contribution in [0.5, 0.6) is 0 Å². The van der Waals surface area contributed by atoms with Gasteiger partial charge in [0.15, 0.2) is 5.78 Å². The molecule has 1 aromatic rings. The molecule has 0 spiro atoms. The number of carbonyl (C=O) groups excluding carboxylic acids is 1. The zero-order valence-corrected chi connectivity index (χ0v) is 8.06. The van der Waals surface area contributed by atoms with Crippen molar-refractivity contribution in [2.24, 2.45) is 0 Å². The largest absolute Gasteiger partial charge is 0.419 e. The maximum Gasteiger partial charge on any atom is 0.419 e. The number of ketones is 1. The first-order valence-electron chi connectivity index (χ1n) is 3.74. The van der Waals surface area contributed by atoms with Crippen molar-refractivity contribution in [3.05, 3.63) is 41.2 Å². The Labute approximate surface area is 88.4 Å². The average Bonchev–Trinajstić information content (AvgIpc) is 2.15. The third-order valence-corrected chi connectivity index (χ3v) is 1.93. The van der Waals surface area contributed by atoms with E-state index < -0.39 is 17.5 Å². The highest BCUT2D eigenvalue weighted by Gasteiger charge is 2.37. The molecule has 0 amide bonds. The van der Waals surface area contributed by atoms with Crippen LogP contribution in [0.3, 0.4) is 0 Å². The van der Waals surface area contributed by atoms with Crippen molar-refractivity contribution < 1.29 is 18.0 Å². The molecule has 1 heterocycles. The van der Waals surface area contributed by atoms with Crippen LogP contribution in [0.1, 0.15) is 10.4 Å². The average molecular weight is 236 g/mol. The number of nitrogens with zero attached hydrogens (tertiary/aromatic N) is 1. The molecule has 0 N–H and O–H groups in total. The number of hydrogen-bond acceptors (Lipinski definition) is 2. The molecule has 0 aliphatic carbocycles. The van der Waals surface area contributed by atoms with E-state index in [1.807, 2.05) is 0 Å². The van der Waals surface area contributed by atoms with Gasteiger partial charge in [0.2, 0.25) is 0 Å². The molecule has 1 aromatic heterocycles. The molecule has 0 unspecified atom stereocenters. The number of hydrogen-bond donors (Lipinski definition) is 0. The van der Waals surface area contributed by atoms with Gasteiger partial charge in [0.25, 0.3) is 0 Å². The summed E-state index contributed by atoms with van der Waals surface area (Å²) in [4.78, 5) is 14.8. The molecule has 0 aliphatic heterocycles. The van der Waals surface area contributed by atoms with Gasteiger partial charge in [0.1, 0.15) is 0 Å². The molecule has 0 atom stereocenters. The van der Waals surface area contributed by atoms with Crippen LogP contribution in [0.2, 0.25) is 5.02 Å². The van der Waals surface area contributed by atoms with Crippen molar-refractivity contribution in [2.75, 3.05) is 0 Å². The van der Waals surface area contributed by atoms with E-state index >= 15 is 0 Å². The normalized spacial score (nSPS) is 11.2. The Morgan fingerprint density at radius 3 is 2.53 bits per heavy atom. The smallest absolute Gasteiger partial charge is 0.289 e. The first-order valence-corrected chi connectivity index (χ1v) is 4.12. The highest BCUT2D eigenvalue weighted by molar-refractivity contribution is 6.34. The quantitative estimate of drug-likeness (QED) is 0.583. The minimum atomic E-state index is -4.75. The van der Waals surface area contributed by atoms with Gasteiger partial charge in [-0.2, -0.15) is 13.2 Å². The molecule has 2 nitrogen and oxygen atoms in total. The van der Waals surface area contributed by atoms with Crippen LogP contribution in [0, 0.1) is 0 Å². The van der Waals surface area contributed by atoms with Crippen molar-refractivity contribution in [1.29, 1.82) is 0 Å². The topological polar surface area (TPSA) is 30.0 Å². The summed E-state index contributed by atoms with van der Waals surface area (Å²) in [6, 6.07) is 1.11. The van der Waals surface area contributed by atoms with Crippen LogP contribution >= 0.6 is 11.6 Å². The number of aromatic nitrogens is 1. The molecular weight excluding hydrogens is 231 g/mol. The predicted molar refractivity (Wildman–Crippen MR) is 48.8 cm³/mol. The van der Waals surface area contributed by atoms with Gasteiger partial charge < -0.3 is 0 Å². The maximum absolute atomic E-state index is 12.1. The highest BCUT2D eigenvalue weighted by atomic mass is 35.5. The van der Waals surface area contributed by atoms with Gasteiger partial charge >= 0.3 is 6.18 Å². The van der Waals surface area contributed by atoms with Crippen molar-refractivity contribution in [3.63, 3.8) is 0 Å². The minimum Gasteiger partial charge on any atom is -0.289 e. The molecule has 0 aromatic carbocycles. The third kappa shape index (κ3) is 2.56.